The van der Waals surface area contributed by atoms with E-state index < -0.39 is 5.82 Å². The first-order valence-electron chi connectivity index (χ1n) is 11.3. The van der Waals surface area contributed by atoms with Crippen molar-refractivity contribution in [2.24, 2.45) is 0 Å². The standard InChI is InChI=1S/C24H27ClFN5O2/c1-14-5-4-8-29(14)9-10-33-21-11-17(26)6-7-18(21)24(32)30-12-19-20(13-30)28-31-16(3)22(25)15(2)27-23(19)31/h6-7,11,14H,4-5,8-10,12-13H2,1-3H3/t14-/m1/s1. The topological polar surface area (TPSA) is 63.0 Å². The number of hydrogen-bond acceptors (Lipinski definition) is 5. The second-order valence-electron chi connectivity index (χ2n) is 8.93. The number of halogens is 2. The van der Waals surface area contributed by atoms with E-state index in [0.29, 0.717) is 36.3 Å². The molecule has 9 heteroatoms. The van der Waals surface area contributed by atoms with E-state index in [2.05, 4.69) is 21.9 Å². The summed E-state index contributed by atoms with van der Waals surface area (Å²) in [5.41, 5.74) is 4.35. The molecule has 2 aliphatic rings. The van der Waals surface area contributed by atoms with Crippen LogP contribution in [0.2, 0.25) is 5.02 Å². The highest BCUT2D eigenvalue weighted by molar-refractivity contribution is 6.31. The minimum Gasteiger partial charge on any atom is -0.491 e. The zero-order chi connectivity index (χ0) is 23.3. The fourth-order valence-electron chi connectivity index (χ4n) is 4.82. The third-order valence-electron chi connectivity index (χ3n) is 6.74. The number of carbonyl (C=O) groups excluding carboxylic acids is 1. The number of aromatic nitrogens is 3. The van der Waals surface area contributed by atoms with E-state index in [9.17, 15) is 9.18 Å². The molecular weight excluding hydrogens is 445 g/mol. The van der Waals surface area contributed by atoms with Crippen LogP contribution >= 0.6 is 11.6 Å². The molecule has 1 saturated heterocycles. The van der Waals surface area contributed by atoms with Crippen LogP contribution in [0, 0.1) is 19.7 Å². The van der Waals surface area contributed by atoms with E-state index in [-0.39, 0.29) is 11.7 Å². The molecule has 0 unspecified atom stereocenters. The molecule has 174 valence electrons. The number of fused-ring (bicyclic) bond motifs is 3. The summed E-state index contributed by atoms with van der Waals surface area (Å²) in [5, 5.41) is 5.23. The average molecular weight is 472 g/mol. The number of hydrogen-bond donors (Lipinski definition) is 0. The van der Waals surface area contributed by atoms with Gasteiger partial charge in [-0.1, -0.05) is 11.6 Å². The lowest BCUT2D eigenvalue weighted by atomic mass is 10.1. The highest BCUT2D eigenvalue weighted by Crippen LogP contribution is 2.31. The van der Waals surface area contributed by atoms with E-state index in [4.69, 9.17) is 16.3 Å². The minimum absolute atomic E-state index is 0.210. The third-order valence-corrected chi connectivity index (χ3v) is 7.29. The van der Waals surface area contributed by atoms with Crippen molar-refractivity contribution < 1.29 is 13.9 Å². The number of aryl methyl sites for hydroxylation is 2. The number of amides is 1. The number of likely N-dealkylation sites (tertiary alicyclic amines) is 1. The number of carbonyl (C=O) groups is 1. The van der Waals surface area contributed by atoms with Gasteiger partial charge < -0.3 is 9.64 Å². The summed E-state index contributed by atoms with van der Waals surface area (Å²) < 4.78 is 21.6. The van der Waals surface area contributed by atoms with Gasteiger partial charge in [0.25, 0.3) is 5.91 Å². The molecule has 0 aliphatic carbocycles. The lowest BCUT2D eigenvalue weighted by Gasteiger charge is -2.22. The smallest absolute Gasteiger partial charge is 0.258 e. The Labute approximate surface area is 197 Å². The Kier molecular flexibility index (Phi) is 5.74. The summed E-state index contributed by atoms with van der Waals surface area (Å²) in [4.78, 5) is 22.0. The van der Waals surface area contributed by atoms with E-state index in [0.717, 1.165) is 41.4 Å². The van der Waals surface area contributed by atoms with Gasteiger partial charge in [-0.3, -0.25) is 9.69 Å². The van der Waals surface area contributed by atoms with E-state index in [1.807, 2.05) is 13.8 Å². The maximum absolute atomic E-state index is 14.0. The van der Waals surface area contributed by atoms with E-state index >= 15 is 0 Å². The number of benzene rings is 1. The van der Waals surface area contributed by atoms with Crippen molar-refractivity contribution in [3.8, 4) is 5.75 Å². The molecule has 1 atom stereocenters. The molecule has 2 aliphatic heterocycles. The molecular formula is C24H27ClFN5O2. The SMILES string of the molecule is Cc1nc2c3c(nn2c(C)c1Cl)CN(C(=O)c1ccc(F)cc1OCCN1CCC[C@H]1C)C3. The minimum atomic E-state index is -0.425. The summed E-state index contributed by atoms with van der Waals surface area (Å²) in [6.07, 6.45) is 2.37. The summed E-state index contributed by atoms with van der Waals surface area (Å²) in [5.74, 6) is -0.356. The Morgan fingerprint density at radius 1 is 1.30 bits per heavy atom. The molecule has 1 fully saturated rings. The molecule has 0 radical (unpaired) electrons. The average Bonchev–Trinajstić information content (AvgIpc) is 3.47. The van der Waals surface area contributed by atoms with Crippen LogP contribution in [0.4, 0.5) is 4.39 Å². The van der Waals surface area contributed by atoms with Gasteiger partial charge in [0.05, 0.1) is 40.8 Å². The van der Waals surface area contributed by atoms with Crippen molar-refractivity contribution in [3.63, 3.8) is 0 Å². The molecule has 33 heavy (non-hydrogen) atoms. The van der Waals surface area contributed by atoms with Crippen molar-refractivity contribution in [1.82, 2.24) is 24.4 Å². The van der Waals surface area contributed by atoms with Gasteiger partial charge in [-0.15, -0.1) is 0 Å². The monoisotopic (exact) mass is 471 g/mol. The van der Waals surface area contributed by atoms with Crippen LogP contribution in [0.25, 0.3) is 5.65 Å². The molecule has 0 saturated carbocycles. The molecule has 0 bridgehead atoms. The molecule has 5 rings (SSSR count). The van der Waals surface area contributed by atoms with Crippen LogP contribution in [0.15, 0.2) is 18.2 Å². The predicted molar refractivity (Wildman–Crippen MR) is 123 cm³/mol. The first kappa shape index (κ1) is 22.1. The molecule has 4 heterocycles. The van der Waals surface area contributed by atoms with Gasteiger partial charge in [-0.05, 0) is 52.3 Å². The summed E-state index contributed by atoms with van der Waals surface area (Å²) in [6, 6.07) is 4.62. The molecule has 2 aromatic heterocycles. The Morgan fingerprint density at radius 3 is 2.88 bits per heavy atom. The van der Waals surface area contributed by atoms with Gasteiger partial charge in [0.15, 0.2) is 5.65 Å². The normalized spacial score (nSPS) is 18.3. The molecule has 0 spiro atoms. The van der Waals surface area contributed by atoms with E-state index in [1.165, 1.54) is 31.0 Å². The Morgan fingerprint density at radius 2 is 2.12 bits per heavy atom. The highest BCUT2D eigenvalue weighted by atomic mass is 35.5. The van der Waals surface area contributed by atoms with Gasteiger partial charge in [-0.2, -0.15) is 5.10 Å². The van der Waals surface area contributed by atoms with Gasteiger partial charge in [0.2, 0.25) is 0 Å². The lowest BCUT2D eigenvalue weighted by Crippen LogP contribution is -2.31. The van der Waals surface area contributed by atoms with Crippen LogP contribution in [-0.2, 0) is 13.1 Å². The van der Waals surface area contributed by atoms with Crippen LogP contribution in [0.5, 0.6) is 5.75 Å². The molecule has 3 aromatic rings. The van der Waals surface area contributed by atoms with Crippen molar-refractivity contribution in [3.05, 3.63) is 57.2 Å². The summed E-state index contributed by atoms with van der Waals surface area (Å²) >= 11 is 6.32. The summed E-state index contributed by atoms with van der Waals surface area (Å²) in [7, 11) is 0. The fourth-order valence-corrected chi connectivity index (χ4v) is 4.94. The Balaban J connectivity index is 1.35. The van der Waals surface area contributed by atoms with Gasteiger partial charge in [-0.25, -0.2) is 13.9 Å². The van der Waals surface area contributed by atoms with Crippen molar-refractivity contribution in [2.75, 3.05) is 19.7 Å². The maximum atomic E-state index is 14.0. The maximum Gasteiger partial charge on any atom is 0.258 e. The number of nitrogens with zero attached hydrogens (tertiary/aromatic N) is 5. The van der Waals surface area contributed by atoms with Crippen molar-refractivity contribution in [2.45, 2.75) is 52.7 Å². The van der Waals surface area contributed by atoms with Crippen molar-refractivity contribution in [1.29, 1.82) is 0 Å². The van der Waals surface area contributed by atoms with Crippen molar-refractivity contribution >= 4 is 23.2 Å². The van der Waals surface area contributed by atoms with Gasteiger partial charge in [0, 0.05) is 24.2 Å². The third kappa shape index (κ3) is 3.95. The largest absolute Gasteiger partial charge is 0.491 e. The zero-order valence-electron chi connectivity index (χ0n) is 19.1. The lowest BCUT2D eigenvalue weighted by molar-refractivity contribution is 0.0744. The Bertz CT molecular complexity index is 1240. The van der Waals surface area contributed by atoms with Crippen LogP contribution in [0.3, 0.4) is 0 Å². The van der Waals surface area contributed by atoms with Crippen LogP contribution < -0.4 is 4.74 Å². The molecule has 1 amide bonds. The van der Waals surface area contributed by atoms with Crippen LogP contribution in [0.1, 0.15) is 52.8 Å². The molecule has 0 N–H and O–H groups in total. The number of rotatable bonds is 5. The highest BCUT2D eigenvalue weighted by Gasteiger charge is 2.32. The first-order valence-corrected chi connectivity index (χ1v) is 11.7. The second-order valence-corrected chi connectivity index (χ2v) is 9.31. The quantitative estimate of drug-likeness (QED) is 0.559. The van der Waals surface area contributed by atoms with E-state index in [1.54, 1.807) is 9.42 Å². The number of ether oxygens (including phenoxy) is 1. The Hall–Kier alpha value is -2.71. The van der Waals surface area contributed by atoms with Gasteiger partial charge in [0.1, 0.15) is 18.2 Å². The van der Waals surface area contributed by atoms with Gasteiger partial charge >= 0.3 is 0 Å². The van der Waals surface area contributed by atoms with Crippen LogP contribution in [-0.4, -0.2) is 56.0 Å². The molecule has 7 nitrogen and oxygen atoms in total. The molecule has 1 aromatic carbocycles. The zero-order valence-corrected chi connectivity index (χ0v) is 19.8. The second kappa shape index (κ2) is 8.57. The first-order chi connectivity index (χ1) is 15.8. The predicted octanol–water partition coefficient (Wildman–Crippen LogP) is 4.16. The fraction of sp³-hybridized carbons (Fsp3) is 0.458. The summed E-state index contributed by atoms with van der Waals surface area (Å²) in [6.45, 7) is 8.92.